The second-order valence-corrected chi connectivity index (χ2v) is 3.29. The minimum Gasteiger partial charge on any atom is -0.483 e. The number of nitrogens with one attached hydrogen (secondary N) is 1. The lowest BCUT2D eigenvalue weighted by Crippen LogP contribution is -2.25. The van der Waals surface area contributed by atoms with E-state index in [2.05, 4.69) is 5.32 Å². The fraction of sp³-hybridized carbons (Fsp3) is 0.364. The highest BCUT2D eigenvalue weighted by Crippen LogP contribution is 2.22. The lowest BCUT2D eigenvalue weighted by molar-refractivity contribution is -0.122. The predicted octanol–water partition coefficient (Wildman–Crippen LogP) is 0.831. The number of hydrogen-bond acceptors (Lipinski definition) is 3. The number of nitrogens with two attached hydrogens (primary N) is 1. The van der Waals surface area contributed by atoms with Crippen LogP contribution in [0.3, 0.4) is 0 Å². The zero-order valence-electron chi connectivity index (χ0n) is 8.99. The lowest BCUT2D eigenvalue weighted by Gasteiger charge is -2.12. The van der Waals surface area contributed by atoms with Gasteiger partial charge in [-0.15, -0.1) is 0 Å². The fourth-order valence-electron chi connectivity index (χ4n) is 1.20. The summed E-state index contributed by atoms with van der Waals surface area (Å²) in [5.41, 5.74) is 6.68. The number of para-hydroxylation sites is 1. The van der Waals surface area contributed by atoms with E-state index in [0.717, 1.165) is 5.56 Å². The van der Waals surface area contributed by atoms with E-state index in [4.69, 9.17) is 10.5 Å². The fourth-order valence-corrected chi connectivity index (χ4v) is 1.20. The molecule has 4 nitrogen and oxygen atoms in total. The van der Waals surface area contributed by atoms with E-state index in [1.54, 1.807) is 7.05 Å². The number of carbonyl (C=O) groups excluding carboxylic acids is 1. The summed E-state index contributed by atoms with van der Waals surface area (Å²) in [6.45, 7) is 1.89. The van der Waals surface area contributed by atoms with E-state index in [1.807, 2.05) is 31.2 Å². The van der Waals surface area contributed by atoms with E-state index in [9.17, 15) is 4.79 Å². The first-order valence-electron chi connectivity index (χ1n) is 4.83. The zero-order valence-corrected chi connectivity index (χ0v) is 8.99. The van der Waals surface area contributed by atoms with Gasteiger partial charge in [-0.05, 0) is 13.0 Å². The van der Waals surface area contributed by atoms with Gasteiger partial charge in [0, 0.05) is 18.7 Å². The van der Waals surface area contributed by atoms with Gasteiger partial charge in [-0.25, -0.2) is 0 Å². The van der Waals surface area contributed by atoms with Crippen LogP contribution < -0.4 is 15.8 Å². The smallest absolute Gasteiger partial charge is 0.257 e. The summed E-state index contributed by atoms with van der Waals surface area (Å²) in [5, 5.41) is 2.49. The van der Waals surface area contributed by atoms with Gasteiger partial charge >= 0.3 is 0 Å². The summed E-state index contributed by atoms with van der Waals surface area (Å²) in [6.07, 6.45) is 0. The van der Waals surface area contributed by atoms with Gasteiger partial charge in [0.25, 0.3) is 5.91 Å². The molecule has 4 heteroatoms. The molecule has 0 aromatic heterocycles. The topological polar surface area (TPSA) is 64.3 Å². The molecule has 0 bridgehead atoms. The van der Waals surface area contributed by atoms with Gasteiger partial charge < -0.3 is 15.8 Å². The van der Waals surface area contributed by atoms with E-state index in [0.29, 0.717) is 5.75 Å². The number of hydrogen-bond donors (Lipinski definition) is 2. The minimum absolute atomic E-state index is 0.0141. The van der Waals surface area contributed by atoms with Crippen LogP contribution in [0.25, 0.3) is 0 Å². The molecule has 1 rings (SSSR count). The Morgan fingerprint density at radius 1 is 1.53 bits per heavy atom. The van der Waals surface area contributed by atoms with Crippen molar-refractivity contribution in [3.8, 4) is 5.75 Å². The Labute approximate surface area is 89.4 Å². The summed E-state index contributed by atoms with van der Waals surface area (Å²) in [7, 11) is 1.57. The molecule has 0 spiro atoms. The molecule has 1 amide bonds. The average molecular weight is 208 g/mol. The maximum absolute atomic E-state index is 11.0. The van der Waals surface area contributed by atoms with Crippen molar-refractivity contribution in [2.45, 2.75) is 13.0 Å². The highest BCUT2D eigenvalue weighted by atomic mass is 16.5. The third-order valence-corrected chi connectivity index (χ3v) is 2.05. The Hall–Kier alpha value is -1.55. The minimum atomic E-state index is -0.158. The molecule has 1 aromatic carbocycles. The maximum atomic E-state index is 11.0. The monoisotopic (exact) mass is 208 g/mol. The van der Waals surface area contributed by atoms with E-state index < -0.39 is 0 Å². The summed E-state index contributed by atoms with van der Waals surface area (Å²) in [5.74, 6) is 0.505. The molecule has 0 aliphatic heterocycles. The summed E-state index contributed by atoms with van der Waals surface area (Å²) < 4.78 is 5.36. The third-order valence-electron chi connectivity index (χ3n) is 2.05. The van der Waals surface area contributed by atoms with Crippen LogP contribution in [-0.2, 0) is 4.79 Å². The number of carbonyl (C=O) groups is 1. The van der Waals surface area contributed by atoms with Crippen LogP contribution in [0.15, 0.2) is 24.3 Å². The molecular weight excluding hydrogens is 192 g/mol. The molecule has 1 aromatic rings. The Kier molecular flexibility index (Phi) is 4.12. The maximum Gasteiger partial charge on any atom is 0.257 e. The first-order valence-corrected chi connectivity index (χ1v) is 4.83. The van der Waals surface area contributed by atoms with Crippen molar-refractivity contribution < 1.29 is 9.53 Å². The molecule has 1 atom stereocenters. The molecule has 0 aliphatic rings. The average Bonchev–Trinajstić information content (AvgIpc) is 2.26. The van der Waals surface area contributed by atoms with Crippen LogP contribution in [0.2, 0.25) is 0 Å². The molecule has 0 saturated carbocycles. The van der Waals surface area contributed by atoms with Gasteiger partial charge in [0.2, 0.25) is 0 Å². The van der Waals surface area contributed by atoms with Crippen molar-refractivity contribution >= 4 is 5.91 Å². The van der Waals surface area contributed by atoms with Crippen LogP contribution in [0.4, 0.5) is 0 Å². The first-order chi connectivity index (χ1) is 7.15. The third kappa shape index (κ3) is 3.25. The molecule has 15 heavy (non-hydrogen) atoms. The Morgan fingerprint density at radius 2 is 2.20 bits per heavy atom. The number of rotatable bonds is 4. The normalized spacial score (nSPS) is 11.9. The second kappa shape index (κ2) is 5.36. The molecule has 0 saturated heterocycles. The van der Waals surface area contributed by atoms with E-state index >= 15 is 0 Å². The molecule has 0 aliphatic carbocycles. The van der Waals surface area contributed by atoms with Gasteiger partial charge in [-0.2, -0.15) is 0 Å². The van der Waals surface area contributed by atoms with Crippen molar-refractivity contribution in [2.24, 2.45) is 5.73 Å². The van der Waals surface area contributed by atoms with Crippen molar-refractivity contribution in [3.63, 3.8) is 0 Å². The highest BCUT2D eigenvalue weighted by Gasteiger charge is 2.08. The second-order valence-electron chi connectivity index (χ2n) is 3.29. The lowest BCUT2D eigenvalue weighted by atomic mass is 10.1. The van der Waals surface area contributed by atoms with Gasteiger partial charge in [-0.1, -0.05) is 18.2 Å². The van der Waals surface area contributed by atoms with Crippen molar-refractivity contribution in [1.29, 1.82) is 0 Å². The van der Waals surface area contributed by atoms with Crippen molar-refractivity contribution in [2.75, 3.05) is 13.7 Å². The van der Waals surface area contributed by atoms with E-state index in [-0.39, 0.29) is 18.6 Å². The van der Waals surface area contributed by atoms with Crippen LogP contribution in [0.1, 0.15) is 18.5 Å². The van der Waals surface area contributed by atoms with Crippen LogP contribution >= 0.6 is 0 Å². The van der Waals surface area contributed by atoms with Gasteiger partial charge in [0.15, 0.2) is 6.61 Å². The number of benzene rings is 1. The van der Waals surface area contributed by atoms with Gasteiger partial charge in [-0.3, -0.25) is 4.79 Å². The summed E-state index contributed by atoms with van der Waals surface area (Å²) >= 11 is 0. The zero-order chi connectivity index (χ0) is 11.3. The first kappa shape index (κ1) is 11.5. The SMILES string of the molecule is CNC(=O)COc1ccccc1[C@H](C)N. The predicted molar refractivity (Wildman–Crippen MR) is 58.6 cm³/mol. The quantitative estimate of drug-likeness (QED) is 0.770. The summed E-state index contributed by atoms with van der Waals surface area (Å²) in [6, 6.07) is 7.34. The Balaban J connectivity index is 2.71. The van der Waals surface area contributed by atoms with Crippen LogP contribution in [0, 0.1) is 0 Å². The Bertz CT molecular complexity index is 337. The molecule has 3 N–H and O–H groups in total. The van der Waals surface area contributed by atoms with Crippen LogP contribution in [-0.4, -0.2) is 19.6 Å². The highest BCUT2D eigenvalue weighted by molar-refractivity contribution is 5.77. The molecular formula is C11H16N2O2. The van der Waals surface area contributed by atoms with Crippen molar-refractivity contribution in [3.05, 3.63) is 29.8 Å². The Morgan fingerprint density at radius 3 is 2.80 bits per heavy atom. The largest absolute Gasteiger partial charge is 0.483 e. The molecule has 0 heterocycles. The molecule has 0 radical (unpaired) electrons. The number of likely N-dealkylation sites (N-methyl/N-ethyl adjacent to an activating group) is 1. The standard InChI is InChI=1S/C11H16N2O2/c1-8(12)9-5-3-4-6-10(9)15-7-11(14)13-2/h3-6,8H,7,12H2,1-2H3,(H,13,14)/t8-/m0/s1. The van der Waals surface area contributed by atoms with E-state index in [1.165, 1.54) is 0 Å². The van der Waals surface area contributed by atoms with Gasteiger partial charge in [0.1, 0.15) is 5.75 Å². The van der Waals surface area contributed by atoms with Gasteiger partial charge in [0.05, 0.1) is 0 Å². The van der Waals surface area contributed by atoms with Crippen molar-refractivity contribution in [1.82, 2.24) is 5.32 Å². The molecule has 0 fully saturated rings. The molecule has 0 unspecified atom stereocenters. The number of amides is 1. The summed E-state index contributed by atoms with van der Waals surface area (Å²) in [4.78, 5) is 11.0. The number of ether oxygens (including phenoxy) is 1. The van der Waals surface area contributed by atoms with Crippen LogP contribution in [0.5, 0.6) is 5.75 Å². The molecule has 82 valence electrons.